The van der Waals surface area contributed by atoms with Crippen molar-refractivity contribution in [3.8, 4) is 5.75 Å². The van der Waals surface area contributed by atoms with E-state index in [0.717, 1.165) is 9.37 Å². The Morgan fingerprint density at radius 1 is 1.15 bits per heavy atom. The first-order valence-electron chi connectivity index (χ1n) is 8.00. The van der Waals surface area contributed by atoms with Crippen molar-refractivity contribution in [2.24, 2.45) is 0 Å². The average molecular weight is 450 g/mol. The number of amides is 4. The van der Waals surface area contributed by atoms with Gasteiger partial charge in [0.05, 0.1) is 17.3 Å². The fourth-order valence-electron chi connectivity index (χ4n) is 2.53. The fraction of sp³-hybridized carbons (Fsp3) is 0.105. The van der Waals surface area contributed by atoms with Gasteiger partial charge in [-0.05, 0) is 55.0 Å². The Morgan fingerprint density at radius 2 is 1.85 bits per heavy atom. The molecule has 27 heavy (non-hydrogen) atoms. The summed E-state index contributed by atoms with van der Waals surface area (Å²) in [5, 5.41) is 2.54. The van der Waals surface area contributed by atoms with Crippen molar-refractivity contribution < 1.29 is 19.1 Å². The topological polar surface area (TPSA) is 75.7 Å². The quantitative estimate of drug-likeness (QED) is 0.561. The average Bonchev–Trinajstić information content (AvgIpc) is 2.62. The number of hydrogen-bond acceptors (Lipinski definition) is 4. The van der Waals surface area contributed by atoms with Crippen molar-refractivity contribution in [2.75, 3.05) is 11.5 Å². The van der Waals surface area contributed by atoms with Crippen molar-refractivity contribution >= 4 is 57.1 Å². The number of carbonyl (C=O) groups is 3. The van der Waals surface area contributed by atoms with E-state index in [4.69, 9.17) is 16.3 Å². The third-order valence-corrected chi connectivity index (χ3v) is 4.58. The van der Waals surface area contributed by atoms with Crippen LogP contribution in [0.4, 0.5) is 10.5 Å². The molecule has 2 aromatic rings. The van der Waals surface area contributed by atoms with E-state index in [-0.39, 0.29) is 5.57 Å². The summed E-state index contributed by atoms with van der Waals surface area (Å²) >= 11 is 9.45. The molecular formula is C19H14BrClN2O4. The van der Waals surface area contributed by atoms with Gasteiger partial charge in [0.1, 0.15) is 11.3 Å². The van der Waals surface area contributed by atoms with Gasteiger partial charge in [-0.25, -0.2) is 9.69 Å². The van der Waals surface area contributed by atoms with Crippen molar-refractivity contribution in [2.45, 2.75) is 6.92 Å². The van der Waals surface area contributed by atoms with Crippen molar-refractivity contribution in [1.82, 2.24) is 5.32 Å². The molecule has 0 saturated carbocycles. The van der Waals surface area contributed by atoms with E-state index in [2.05, 4.69) is 21.2 Å². The number of barbiturate groups is 1. The number of nitrogens with one attached hydrogen (secondary N) is 1. The van der Waals surface area contributed by atoms with E-state index < -0.39 is 17.8 Å². The second-order valence-electron chi connectivity index (χ2n) is 5.56. The van der Waals surface area contributed by atoms with E-state index in [1.807, 2.05) is 6.92 Å². The Labute approximate surface area is 168 Å². The van der Waals surface area contributed by atoms with Crippen LogP contribution >= 0.6 is 27.5 Å². The SMILES string of the molecule is CCOc1ccc(/C=C2/C(=O)NC(=O)N(c3ccc(Br)cc3)C2=O)cc1Cl. The summed E-state index contributed by atoms with van der Waals surface area (Å²) < 4.78 is 6.17. The van der Waals surface area contributed by atoms with Gasteiger partial charge in [0.15, 0.2) is 0 Å². The first-order chi connectivity index (χ1) is 12.9. The number of imide groups is 2. The molecule has 1 aliphatic rings. The lowest BCUT2D eigenvalue weighted by Gasteiger charge is -2.26. The molecule has 1 heterocycles. The van der Waals surface area contributed by atoms with E-state index in [9.17, 15) is 14.4 Å². The van der Waals surface area contributed by atoms with Crippen LogP contribution in [-0.4, -0.2) is 24.5 Å². The van der Waals surface area contributed by atoms with E-state index in [1.54, 1.807) is 42.5 Å². The summed E-state index contributed by atoms with van der Waals surface area (Å²) in [6.07, 6.45) is 1.39. The number of hydrogen-bond donors (Lipinski definition) is 1. The number of anilines is 1. The minimum atomic E-state index is -0.797. The van der Waals surface area contributed by atoms with Gasteiger partial charge < -0.3 is 4.74 Å². The molecule has 8 heteroatoms. The third-order valence-electron chi connectivity index (χ3n) is 3.75. The zero-order valence-corrected chi connectivity index (χ0v) is 16.5. The molecular weight excluding hydrogens is 436 g/mol. The molecule has 0 radical (unpaired) electrons. The Morgan fingerprint density at radius 3 is 2.48 bits per heavy atom. The molecule has 1 saturated heterocycles. The Balaban J connectivity index is 1.96. The molecule has 0 aromatic heterocycles. The standard InChI is InChI=1S/C19H14BrClN2O4/c1-2-27-16-8-3-11(10-15(16)21)9-14-17(24)22-19(26)23(18(14)25)13-6-4-12(20)5-7-13/h3-10H,2H2,1H3,(H,22,24,26)/b14-9-. The number of nitrogens with zero attached hydrogens (tertiary/aromatic N) is 1. The van der Waals surface area contributed by atoms with Crippen molar-refractivity contribution in [1.29, 1.82) is 0 Å². The number of urea groups is 1. The van der Waals surface area contributed by atoms with Gasteiger partial charge in [-0.3, -0.25) is 14.9 Å². The van der Waals surface area contributed by atoms with Crippen molar-refractivity contribution in [3.05, 3.63) is 63.1 Å². The number of benzene rings is 2. The number of carbonyl (C=O) groups excluding carboxylic acids is 3. The minimum absolute atomic E-state index is 0.169. The first-order valence-corrected chi connectivity index (χ1v) is 9.17. The van der Waals surface area contributed by atoms with Gasteiger partial charge in [0.2, 0.25) is 0 Å². The Bertz CT molecular complexity index is 957. The highest BCUT2D eigenvalue weighted by molar-refractivity contribution is 9.10. The van der Waals surface area contributed by atoms with Crippen LogP contribution in [0.3, 0.4) is 0 Å². The monoisotopic (exact) mass is 448 g/mol. The molecule has 6 nitrogen and oxygen atoms in total. The zero-order chi connectivity index (χ0) is 19.6. The van der Waals surface area contributed by atoms with Crippen LogP contribution in [0.25, 0.3) is 6.08 Å². The molecule has 0 bridgehead atoms. The Hall–Kier alpha value is -2.64. The molecule has 2 aromatic carbocycles. The van der Waals surface area contributed by atoms with Crippen LogP contribution < -0.4 is 15.0 Å². The highest BCUT2D eigenvalue weighted by Gasteiger charge is 2.36. The highest BCUT2D eigenvalue weighted by atomic mass is 79.9. The van der Waals surface area contributed by atoms with Crippen LogP contribution in [-0.2, 0) is 9.59 Å². The number of halogens is 2. The largest absolute Gasteiger partial charge is 0.492 e. The van der Waals surface area contributed by atoms with Crippen LogP contribution in [0, 0.1) is 0 Å². The van der Waals surface area contributed by atoms with Crippen LogP contribution in [0.2, 0.25) is 5.02 Å². The summed E-state index contributed by atoms with van der Waals surface area (Å²) in [5.74, 6) is -0.966. The molecule has 138 valence electrons. The smallest absolute Gasteiger partial charge is 0.335 e. The van der Waals surface area contributed by atoms with Gasteiger partial charge in [-0.1, -0.05) is 33.6 Å². The van der Waals surface area contributed by atoms with Crippen LogP contribution in [0.15, 0.2) is 52.5 Å². The second-order valence-corrected chi connectivity index (χ2v) is 6.88. The van der Waals surface area contributed by atoms with Gasteiger partial charge in [0.25, 0.3) is 11.8 Å². The predicted molar refractivity (Wildman–Crippen MR) is 106 cm³/mol. The summed E-state index contributed by atoms with van der Waals surface area (Å²) in [6.45, 7) is 2.30. The van der Waals surface area contributed by atoms with Crippen molar-refractivity contribution in [3.63, 3.8) is 0 Å². The molecule has 0 aliphatic carbocycles. The molecule has 1 aliphatic heterocycles. The molecule has 1 N–H and O–H groups in total. The number of ether oxygens (including phenoxy) is 1. The molecule has 0 spiro atoms. The maximum Gasteiger partial charge on any atom is 0.335 e. The summed E-state index contributed by atoms with van der Waals surface area (Å²) in [5.41, 5.74) is 0.716. The Kier molecular flexibility index (Phi) is 5.62. The van der Waals surface area contributed by atoms with Gasteiger partial charge >= 0.3 is 6.03 Å². The lowest BCUT2D eigenvalue weighted by molar-refractivity contribution is -0.122. The third kappa shape index (κ3) is 4.04. The second kappa shape index (κ2) is 7.94. The van der Waals surface area contributed by atoms with Gasteiger partial charge in [0, 0.05) is 4.47 Å². The summed E-state index contributed by atoms with van der Waals surface area (Å²) in [6, 6.07) is 10.7. The van der Waals surface area contributed by atoms with Gasteiger partial charge in [-0.15, -0.1) is 0 Å². The lowest BCUT2D eigenvalue weighted by Crippen LogP contribution is -2.54. The maximum absolute atomic E-state index is 12.8. The number of rotatable bonds is 4. The van der Waals surface area contributed by atoms with Gasteiger partial charge in [-0.2, -0.15) is 0 Å². The molecule has 0 atom stereocenters. The fourth-order valence-corrected chi connectivity index (χ4v) is 3.04. The van der Waals surface area contributed by atoms with Crippen LogP contribution in [0.1, 0.15) is 12.5 Å². The summed E-state index contributed by atoms with van der Waals surface area (Å²) in [4.78, 5) is 38.1. The lowest BCUT2D eigenvalue weighted by atomic mass is 10.1. The zero-order valence-electron chi connectivity index (χ0n) is 14.2. The molecule has 3 rings (SSSR count). The summed E-state index contributed by atoms with van der Waals surface area (Å²) in [7, 11) is 0. The van der Waals surface area contributed by atoms with E-state index in [1.165, 1.54) is 6.08 Å². The minimum Gasteiger partial charge on any atom is -0.492 e. The normalized spacial score (nSPS) is 15.9. The maximum atomic E-state index is 12.8. The molecule has 4 amide bonds. The molecule has 0 unspecified atom stereocenters. The van der Waals surface area contributed by atoms with Crippen LogP contribution in [0.5, 0.6) is 5.75 Å². The predicted octanol–water partition coefficient (Wildman–Crippen LogP) is 4.17. The first kappa shape index (κ1) is 19.1. The van der Waals surface area contributed by atoms with E-state index >= 15 is 0 Å². The van der Waals surface area contributed by atoms with E-state index in [0.29, 0.717) is 28.6 Å². The molecule has 1 fully saturated rings. The highest BCUT2D eigenvalue weighted by Crippen LogP contribution is 2.28.